The fraction of sp³-hybridized carbons (Fsp3) is 0.667. The molecule has 2 aliphatic heterocycles. The smallest absolute Gasteiger partial charge is 0.0963 e. The van der Waals surface area contributed by atoms with Crippen LogP contribution in [-0.4, -0.2) is 13.1 Å². The third kappa shape index (κ3) is 3.62. The van der Waals surface area contributed by atoms with Gasteiger partial charge in [0.2, 0.25) is 0 Å². The van der Waals surface area contributed by atoms with Crippen molar-refractivity contribution in [3.63, 3.8) is 0 Å². The Kier molecular flexibility index (Phi) is 6.06. The summed E-state index contributed by atoms with van der Waals surface area (Å²) in [6.07, 6.45) is 7.77. The molecule has 0 amide bonds. The van der Waals surface area contributed by atoms with Gasteiger partial charge in [-0.05, 0) is 37.1 Å². The van der Waals surface area contributed by atoms with Crippen LogP contribution in [0.1, 0.15) is 63.5 Å². The highest BCUT2D eigenvalue weighted by atomic mass is 16.5. The van der Waals surface area contributed by atoms with Crippen molar-refractivity contribution in [3.8, 4) is 0 Å². The Morgan fingerprint density at radius 1 is 1.05 bits per heavy atom. The van der Waals surface area contributed by atoms with Crippen LogP contribution in [0.15, 0.2) is 24.3 Å². The molecule has 1 aromatic carbocycles. The molecule has 1 N–H and O–H groups in total. The molecule has 0 radical (unpaired) electrons. The Labute approximate surface area is 123 Å². The molecule has 2 aliphatic rings. The molecule has 0 saturated carbocycles. The highest BCUT2D eigenvalue weighted by molar-refractivity contribution is 5.35. The normalized spacial score (nSPS) is 19.3. The average Bonchev–Trinajstić information content (AvgIpc) is 2.86. The minimum Gasteiger partial charge on any atom is -0.365 e. The van der Waals surface area contributed by atoms with E-state index in [1.165, 1.54) is 36.8 Å². The van der Waals surface area contributed by atoms with E-state index < -0.39 is 0 Å². The Balaban J connectivity index is 0.000000212. The number of fused-ring (bicyclic) bond motifs is 2. The van der Waals surface area contributed by atoms with Crippen molar-refractivity contribution in [3.05, 3.63) is 35.4 Å². The summed E-state index contributed by atoms with van der Waals surface area (Å²) < 4.78 is 6.01. The van der Waals surface area contributed by atoms with E-state index in [0.29, 0.717) is 0 Å². The summed E-state index contributed by atoms with van der Waals surface area (Å²) in [6.45, 7) is 7.42. The van der Waals surface area contributed by atoms with Crippen LogP contribution < -0.4 is 5.32 Å². The molecule has 3 rings (SSSR count). The van der Waals surface area contributed by atoms with Gasteiger partial charge in [-0.3, -0.25) is 0 Å². The molecular weight excluding hydrogens is 246 g/mol. The van der Waals surface area contributed by atoms with Crippen LogP contribution in [0.3, 0.4) is 0 Å². The van der Waals surface area contributed by atoms with Gasteiger partial charge in [0.15, 0.2) is 0 Å². The standard InChI is InChI=1S/C12H15NO.C6H14/c1-2-4-11-10(3-1)9-14-12(11)5-7-13-8-6-12;1-3-5-6-4-2/h1-4,13H,5-9H2;3-6H2,1-2H3. The van der Waals surface area contributed by atoms with E-state index in [1.54, 1.807) is 0 Å². The average molecular weight is 275 g/mol. The van der Waals surface area contributed by atoms with Gasteiger partial charge >= 0.3 is 0 Å². The van der Waals surface area contributed by atoms with E-state index in [9.17, 15) is 0 Å². The number of unbranched alkanes of at least 4 members (excludes halogenated alkanes) is 3. The number of hydrogen-bond donors (Lipinski definition) is 1. The molecule has 0 bridgehead atoms. The summed E-state index contributed by atoms with van der Waals surface area (Å²) in [6, 6.07) is 8.64. The van der Waals surface area contributed by atoms with Crippen molar-refractivity contribution in [2.24, 2.45) is 0 Å². The first-order valence-corrected chi connectivity index (χ1v) is 8.25. The Morgan fingerprint density at radius 2 is 1.70 bits per heavy atom. The lowest BCUT2D eigenvalue weighted by atomic mass is 9.84. The molecule has 0 aliphatic carbocycles. The number of ether oxygens (including phenoxy) is 1. The molecule has 1 fully saturated rings. The lowest BCUT2D eigenvalue weighted by Crippen LogP contribution is -2.39. The van der Waals surface area contributed by atoms with Crippen LogP contribution in [-0.2, 0) is 16.9 Å². The molecule has 1 saturated heterocycles. The minimum absolute atomic E-state index is 0.0435. The Bertz CT molecular complexity index is 387. The van der Waals surface area contributed by atoms with Gasteiger partial charge in [0.1, 0.15) is 0 Å². The fourth-order valence-electron chi connectivity index (χ4n) is 3.13. The zero-order valence-electron chi connectivity index (χ0n) is 13.1. The first-order chi connectivity index (χ1) is 9.82. The van der Waals surface area contributed by atoms with Crippen LogP contribution in [0.25, 0.3) is 0 Å². The van der Waals surface area contributed by atoms with Gasteiger partial charge < -0.3 is 10.1 Å². The van der Waals surface area contributed by atoms with Crippen LogP contribution in [0.5, 0.6) is 0 Å². The summed E-state index contributed by atoms with van der Waals surface area (Å²) in [5, 5.41) is 3.39. The third-order valence-electron chi connectivity index (χ3n) is 4.38. The predicted molar refractivity (Wildman–Crippen MR) is 84.8 cm³/mol. The van der Waals surface area contributed by atoms with Crippen molar-refractivity contribution >= 4 is 0 Å². The molecule has 112 valence electrons. The molecule has 1 spiro atoms. The fourth-order valence-corrected chi connectivity index (χ4v) is 3.13. The highest BCUT2D eigenvalue weighted by Crippen LogP contribution is 2.42. The van der Waals surface area contributed by atoms with Gasteiger partial charge in [-0.25, -0.2) is 0 Å². The quantitative estimate of drug-likeness (QED) is 0.826. The van der Waals surface area contributed by atoms with Crippen molar-refractivity contribution in [1.82, 2.24) is 5.32 Å². The molecule has 2 heteroatoms. The van der Waals surface area contributed by atoms with Crippen LogP contribution in [0, 0.1) is 0 Å². The molecule has 0 unspecified atom stereocenters. The lowest BCUT2D eigenvalue weighted by Gasteiger charge is -2.33. The van der Waals surface area contributed by atoms with Crippen LogP contribution in [0.4, 0.5) is 0 Å². The third-order valence-corrected chi connectivity index (χ3v) is 4.38. The zero-order chi connectivity index (χ0) is 14.3. The van der Waals surface area contributed by atoms with E-state index in [1.807, 2.05) is 0 Å². The van der Waals surface area contributed by atoms with Gasteiger partial charge in [-0.15, -0.1) is 0 Å². The van der Waals surface area contributed by atoms with Crippen LogP contribution in [0.2, 0.25) is 0 Å². The van der Waals surface area contributed by atoms with E-state index in [4.69, 9.17) is 4.74 Å². The van der Waals surface area contributed by atoms with E-state index in [0.717, 1.165) is 32.5 Å². The van der Waals surface area contributed by atoms with Gasteiger partial charge in [0.25, 0.3) is 0 Å². The molecule has 0 atom stereocenters. The first kappa shape index (κ1) is 15.5. The maximum atomic E-state index is 6.01. The van der Waals surface area contributed by atoms with Crippen molar-refractivity contribution < 1.29 is 4.74 Å². The molecule has 2 heterocycles. The SMILES string of the molecule is CCCCCC.c1ccc2c(c1)COC21CCNCC1. The highest BCUT2D eigenvalue weighted by Gasteiger charge is 2.40. The monoisotopic (exact) mass is 275 g/mol. The number of piperidine rings is 1. The molecular formula is C18H29NO. The molecule has 2 nitrogen and oxygen atoms in total. The summed E-state index contributed by atoms with van der Waals surface area (Å²) in [5.41, 5.74) is 2.86. The Morgan fingerprint density at radius 3 is 2.35 bits per heavy atom. The van der Waals surface area contributed by atoms with Crippen molar-refractivity contribution in [2.75, 3.05) is 13.1 Å². The lowest BCUT2D eigenvalue weighted by molar-refractivity contribution is -0.0590. The summed E-state index contributed by atoms with van der Waals surface area (Å²) in [4.78, 5) is 0. The summed E-state index contributed by atoms with van der Waals surface area (Å²) >= 11 is 0. The van der Waals surface area contributed by atoms with Gasteiger partial charge in [0.05, 0.1) is 12.2 Å². The second-order valence-electron chi connectivity index (χ2n) is 5.90. The maximum Gasteiger partial charge on any atom is 0.0963 e. The number of benzene rings is 1. The number of hydrogen-bond acceptors (Lipinski definition) is 2. The Hall–Kier alpha value is -0.860. The second kappa shape index (κ2) is 7.80. The topological polar surface area (TPSA) is 21.3 Å². The summed E-state index contributed by atoms with van der Waals surface area (Å²) in [7, 11) is 0. The van der Waals surface area contributed by atoms with E-state index in [2.05, 4.69) is 43.4 Å². The molecule has 0 aromatic heterocycles. The number of rotatable bonds is 3. The van der Waals surface area contributed by atoms with E-state index in [-0.39, 0.29) is 5.60 Å². The van der Waals surface area contributed by atoms with E-state index >= 15 is 0 Å². The first-order valence-electron chi connectivity index (χ1n) is 8.25. The van der Waals surface area contributed by atoms with Gasteiger partial charge in [-0.1, -0.05) is 63.8 Å². The maximum absolute atomic E-state index is 6.01. The number of nitrogens with one attached hydrogen (secondary N) is 1. The van der Waals surface area contributed by atoms with Crippen molar-refractivity contribution in [2.45, 2.75) is 64.6 Å². The minimum atomic E-state index is 0.0435. The zero-order valence-corrected chi connectivity index (χ0v) is 13.1. The largest absolute Gasteiger partial charge is 0.365 e. The molecule has 20 heavy (non-hydrogen) atoms. The van der Waals surface area contributed by atoms with Gasteiger partial charge in [-0.2, -0.15) is 0 Å². The van der Waals surface area contributed by atoms with Gasteiger partial charge in [0, 0.05) is 0 Å². The van der Waals surface area contributed by atoms with Crippen LogP contribution >= 0.6 is 0 Å². The molecule has 1 aromatic rings. The predicted octanol–water partition coefficient (Wildman–Crippen LogP) is 4.38. The summed E-state index contributed by atoms with van der Waals surface area (Å²) in [5.74, 6) is 0. The van der Waals surface area contributed by atoms with Crippen molar-refractivity contribution in [1.29, 1.82) is 0 Å². The second-order valence-corrected chi connectivity index (χ2v) is 5.90.